The highest BCUT2D eigenvalue weighted by Gasteiger charge is 2.07. The van der Waals surface area contributed by atoms with Crippen molar-refractivity contribution in [1.29, 1.82) is 0 Å². The molecule has 0 spiro atoms. The smallest absolute Gasteiger partial charge is 0.124 e. The Labute approximate surface area is 179 Å². The predicted octanol–water partition coefficient (Wildman–Crippen LogP) is 6.27. The molecule has 0 radical (unpaired) electrons. The lowest BCUT2D eigenvalue weighted by molar-refractivity contribution is 0.144. The van der Waals surface area contributed by atoms with Gasteiger partial charge in [-0.25, -0.2) is 0 Å². The fourth-order valence-electron chi connectivity index (χ4n) is 2.29. The summed E-state index contributed by atoms with van der Waals surface area (Å²) < 4.78 is 12.3. The second kappa shape index (κ2) is 12.8. The zero-order valence-corrected chi connectivity index (χ0v) is 18.5. The Morgan fingerprint density at radius 1 is 1.08 bits per heavy atom. The second-order valence-electron chi connectivity index (χ2n) is 5.50. The second-order valence-corrected chi connectivity index (χ2v) is 7.26. The molecular formula is C19H23BrCl3NO2. The Bertz CT molecular complexity index is 686. The van der Waals surface area contributed by atoms with Gasteiger partial charge in [0.25, 0.3) is 0 Å². The average molecular weight is 484 g/mol. The van der Waals surface area contributed by atoms with Crippen LogP contribution in [0.5, 0.6) is 5.75 Å². The molecule has 26 heavy (non-hydrogen) atoms. The summed E-state index contributed by atoms with van der Waals surface area (Å²) in [5.41, 5.74) is 2.00. The van der Waals surface area contributed by atoms with Crippen LogP contribution in [0.2, 0.25) is 10.0 Å². The van der Waals surface area contributed by atoms with E-state index >= 15 is 0 Å². The van der Waals surface area contributed by atoms with E-state index in [1.165, 1.54) is 0 Å². The van der Waals surface area contributed by atoms with Gasteiger partial charge in [-0.05, 0) is 50.2 Å². The first-order chi connectivity index (χ1) is 12.1. The Hall–Kier alpha value is -0.490. The number of benzene rings is 2. The molecule has 2 aromatic rings. The van der Waals surface area contributed by atoms with Crippen molar-refractivity contribution in [2.75, 3.05) is 19.8 Å². The third-order valence-electron chi connectivity index (χ3n) is 3.58. The Morgan fingerprint density at radius 2 is 1.88 bits per heavy atom. The Balaban J connectivity index is 0.00000338. The predicted molar refractivity (Wildman–Crippen MR) is 115 cm³/mol. The van der Waals surface area contributed by atoms with E-state index in [0.29, 0.717) is 16.7 Å². The minimum absolute atomic E-state index is 0. The molecule has 144 valence electrons. The number of hydrogen-bond acceptors (Lipinski definition) is 3. The van der Waals surface area contributed by atoms with E-state index in [1.54, 1.807) is 6.07 Å². The first-order valence-corrected chi connectivity index (χ1v) is 9.78. The van der Waals surface area contributed by atoms with Crippen molar-refractivity contribution < 1.29 is 9.47 Å². The zero-order chi connectivity index (χ0) is 18.1. The summed E-state index contributed by atoms with van der Waals surface area (Å²) in [6, 6.07) is 11.4. The van der Waals surface area contributed by atoms with Crippen molar-refractivity contribution in [2.24, 2.45) is 0 Å². The summed E-state index contributed by atoms with van der Waals surface area (Å²) in [7, 11) is 0. The van der Waals surface area contributed by atoms with E-state index in [1.807, 2.05) is 31.2 Å². The molecule has 0 amide bonds. The molecule has 0 fully saturated rings. The maximum Gasteiger partial charge on any atom is 0.124 e. The van der Waals surface area contributed by atoms with E-state index in [2.05, 4.69) is 27.3 Å². The van der Waals surface area contributed by atoms with Gasteiger partial charge < -0.3 is 14.8 Å². The number of halogens is 4. The van der Waals surface area contributed by atoms with Gasteiger partial charge >= 0.3 is 0 Å². The normalized spacial score (nSPS) is 10.5. The van der Waals surface area contributed by atoms with Gasteiger partial charge in [0.1, 0.15) is 12.4 Å². The molecule has 7 heteroatoms. The van der Waals surface area contributed by atoms with Crippen LogP contribution in [-0.2, 0) is 17.9 Å². The minimum Gasteiger partial charge on any atom is -0.489 e. The number of rotatable bonds is 10. The monoisotopic (exact) mass is 481 g/mol. The molecule has 0 aliphatic rings. The Kier molecular flexibility index (Phi) is 11.6. The highest BCUT2D eigenvalue weighted by Crippen LogP contribution is 2.26. The standard InChI is InChI=1S/C19H22BrCl2NO2.ClH/c1-2-24-9-3-8-23-12-15-10-16(20)5-7-19(15)25-13-14-4-6-17(21)11-18(14)22;/h4-7,10-11,23H,2-3,8-9,12-13H2,1H3;1H. The van der Waals surface area contributed by atoms with Gasteiger partial charge in [0, 0.05) is 45.4 Å². The van der Waals surface area contributed by atoms with Crippen LogP contribution < -0.4 is 10.1 Å². The van der Waals surface area contributed by atoms with Gasteiger partial charge in [0.15, 0.2) is 0 Å². The van der Waals surface area contributed by atoms with Crippen molar-refractivity contribution in [3.63, 3.8) is 0 Å². The summed E-state index contributed by atoms with van der Waals surface area (Å²) in [6.45, 7) is 5.57. The quantitative estimate of drug-likeness (QED) is 0.404. The van der Waals surface area contributed by atoms with Crippen LogP contribution >= 0.6 is 51.5 Å². The molecule has 2 aromatic carbocycles. The van der Waals surface area contributed by atoms with Crippen molar-refractivity contribution >= 4 is 51.5 Å². The van der Waals surface area contributed by atoms with Crippen molar-refractivity contribution in [3.8, 4) is 5.75 Å². The molecular weight excluding hydrogens is 460 g/mol. The summed E-state index contributed by atoms with van der Waals surface area (Å²) in [5.74, 6) is 0.839. The van der Waals surface area contributed by atoms with E-state index in [0.717, 1.165) is 54.1 Å². The lowest BCUT2D eigenvalue weighted by atomic mass is 10.2. The first kappa shape index (κ1) is 23.5. The minimum atomic E-state index is 0. The zero-order valence-electron chi connectivity index (χ0n) is 14.6. The summed E-state index contributed by atoms with van der Waals surface area (Å²) in [5, 5.41) is 4.65. The van der Waals surface area contributed by atoms with Gasteiger partial charge in [0.05, 0.1) is 0 Å². The molecule has 0 aromatic heterocycles. The van der Waals surface area contributed by atoms with E-state index in [9.17, 15) is 0 Å². The highest BCUT2D eigenvalue weighted by molar-refractivity contribution is 9.10. The molecule has 0 saturated carbocycles. The maximum atomic E-state index is 6.21. The molecule has 3 nitrogen and oxygen atoms in total. The van der Waals surface area contributed by atoms with Crippen LogP contribution in [0, 0.1) is 0 Å². The number of ether oxygens (including phenoxy) is 2. The van der Waals surface area contributed by atoms with Crippen molar-refractivity contribution in [1.82, 2.24) is 5.32 Å². The molecule has 0 unspecified atom stereocenters. The van der Waals surface area contributed by atoms with E-state index in [-0.39, 0.29) is 12.4 Å². The molecule has 0 heterocycles. The third kappa shape index (κ3) is 8.03. The van der Waals surface area contributed by atoms with Crippen molar-refractivity contribution in [2.45, 2.75) is 26.5 Å². The van der Waals surface area contributed by atoms with Crippen molar-refractivity contribution in [3.05, 3.63) is 62.0 Å². The molecule has 0 aliphatic carbocycles. The lowest BCUT2D eigenvalue weighted by Crippen LogP contribution is -2.17. The topological polar surface area (TPSA) is 30.5 Å². The number of nitrogens with one attached hydrogen (secondary N) is 1. The fraction of sp³-hybridized carbons (Fsp3) is 0.368. The fourth-order valence-corrected chi connectivity index (χ4v) is 3.16. The van der Waals surface area contributed by atoms with E-state index in [4.69, 9.17) is 32.7 Å². The SMILES string of the molecule is CCOCCCNCc1cc(Br)ccc1OCc1ccc(Cl)cc1Cl.Cl. The van der Waals surface area contributed by atoms with Crippen LogP contribution in [0.3, 0.4) is 0 Å². The molecule has 0 bridgehead atoms. The van der Waals surface area contributed by atoms with Gasteiger partial charge in [-0.1, -0.05) is 45.2 Å². The summed E-state index contributed by atoms with van der Waals surface area (Å²) in [6.07, 6.45) is 0.985. The lowest BCUT2D eigenvalue weighted by Gasteiger charge is -2.14. The van der Waals surface area contributed by atoms with Crippen LogP contribution in [-0.4, -0.2) is 19.8 Å². The van der Waals surface area contributed by atoms with Gasteiger partial charge in [-0.15, -0.1) is 12.4 Å². The van der Waals surface area contributed by atoms with Gasteiger partial charge in [-0.3, -0.25) is 0 Å². The maximum absolute atomic E-state index is 6.21. The summed E-state index contributed by atoms with van der Waals surface area (Å²) >= 11 is 15.7. The molecule has 1 N–H and O–H groups in total. The molecule has 0 saturated heterocycles. The molecule has 0 aliphatic heterocycles. The van der Waals surface area contributed by atoms with Crippen LogP contribution in [0.1, 0.15) is 24.5 Å². The summed E-state index contributed by atoms with van der Waals surface area (Å²) in [4.78, 5) is 0. The van der Waals surface area contributed by atoms with Crippen LogP contribution in [0.4, 0.5) is 0 Å². The van der Waals surface area contributed by atoms with Crippen LogP contribution in [0.25, 0.3) is 0 Å². The number of hydrogen-bond donors (Lipinski definition) is 1. The van der Waals surface area contributed by atoms with Crippen LogP contribution in [0.15, 0.2) is 40.9 Å². The average Bonchev–Trinajstić information content (AvgIpc) is 2.58. The Morgan fingerprint density at radius 3 is 2.62 bits per heavy atom. The molecule has 0 atom stereocenters. The van der Waals surface area contributed by atoms with E-state index < -0.39 is 0 Å². The first-order valence-electron chi connectivity index (χ1n) is 8.23. The largest absolute Gasteiger partial charge is 0.489 e. The van der Waals surface area contributed by atoms with Gasteiger partial charge in [-0.2, -0.15) is 0 Å². The third-order valence-corrected chi connectivity index (χ3v) is 4.66. The highest BCUT2D eigenvalue weighted by atomic mass is 79.9. The molecule has 2 rings (SSSR count). The van der Waals surface area contributed by atoms with Gasteiger partial charge in [0.2, 0.25) is 0 Å².